The molecule has 1 heteroatoms. The molecule has 0 heterocycles. The third-order valence-electron chi connectivity index (χ3n) is 2.14. The Hall–Kier alpha value is -1.37. The third-order valence-corrected chi connectivity index (χ3v) is 2.14. The van der Waals surface area contributed by atoms with Gasteiger partial charge in [0, 0.05) is 5.57 Å². The van der Waals surface area contributed by atoms with E-state index in [0.29, 0.717) is 5.57 Å². The summed E-state index contributed by atoms with van der Waals surface area (Å²) in [6, 6.07) is 7.96. The molecule has 0 aliphatic rings. The van der Waals surface area contributed by atoms with Crippen molar-refractivity contribution in [3.8, 4) is 0 Å². The van der Waals surface area contributed by atoms with Crippen LogP contribution in [0.5, 0.6) is 0 Å². The molecule has 0 fully saturated rings. The summed E-state index contributed by atoms with van der Waals surface area (Å²) in [5, 5.41) is 0. The topological polar surface area (TPSA) is 17.1 Å². The summed E-state index contributed by atoms with van der Waals surface area (Å²) in [7, 11) is 0. The van der Waals surface area contributed by atoms with Gasteiger partial charge in [0.25, 0.3) is 0 Å². The standard InChI is InChI=1S/C12H14O/c1-4-11-5-7-12(8-6-11)9(2)10(3)13/h5-8H,2,4H2,1,3H3. The van der Waals surface area contributed by atoms with Gasteiger partial charge in [0.1, 0.15) is 0 Å². The summed E-state index contributed by atoms with van der Waals surface area (Å²) in [4.78, 5) is 11.0. The fourth-order valence-electron chi connectivity index (χ4n) is 1.14. The molecule has 68 valence electrons. The molecule has 0 saturated heterocycles. The molecular weight excluding hydrogens is 160 g/mol. The Bertz CT molecular complexity index is 319. The van der Waals surface area contributed by atoms with E-state index in [1.54, 1.807) is 0 Å². The minimum absolute atomic E-state index is 0.0317. The quantitative estimate of drug-likeness (QED) is 0.644. The van der Waals surface area contributed by atoms with Gasteiger partial charge in [-0.2, -0.15) is 0 Å². The summed E-state index contributed by atoms with van der Waals surface area (Å²) >= 11 is 0. The fourth-order valence-corrected chi connectivity index (χ4v) is 1.14. The number of ketones is 1. The number of hydrogen-bond donors (Lipinski definition) is 0. The summed E-state index contributed by atoms with van der Waals surface area (Å²) in [5.41, 5.74) is 2.78. The second kappa shape index (κ2) is 4.04. The van der Waals surface area contributed by atoms with Crippen LogP contribution >= 0.6 is 0 Å². The Morgan fingerprint density at radius 2 is 1.85 bits per heavy atom. The molecule has 0 radical (unpaired) electrons. The maximum absolute atomic E-state index is 11.0. The highest BCUT2D eigenvalue weighted by Crippen LogP contribution is 2.14. The predicted molar refractivity (Wildman–Crippen MR) is 55.5 cm³/mol. The van der Waals surface area contributed by atoms with E-state index in [9.17, 15) is 4.79 Å². The number of hydrogen-bond acceptors (Lipinski definition) is 1. The summed E-state index contributed by atoms with van der Waals surface area (Å²) < 4.78 is 0. The lowest BCUT2D eigenvalue weighted by atomic mass is 10.0. The van der Waals surface area contributed by atoms with Crippen molar-refractivity contribution in [2.45, 2.75) is 20.3 Å². The van der Waals surface area contributed by atoms with Crippen LogP contribution in [0.2, 0.25) is 0 Å². The van der Waals surface area contributed by atoms with Crippen LogP contribution < -0.4 is 0 Å². The molecular formula is C12H14O. The minimum Gasteiger partial charge on any atom is -0.295 e. The van der Waals surface area contributed by atoms with Gasteiger partial charge in [0.05, 0.1) is 0 Å². The number of rotatable bonds is 3. The van der Waals surface area contributed by atoms with Gasteiger partial charge in [-0.25, -0.2) is 0 Å². The van der Waals surface area contributed by atoms with Crippen LogP contribution in [0.3, 0.4) is 0 Å². The largest absolute Gasteiger partial charge is 0.295 e. The van der Waals surface area contributed by atoms with Crippen LogP contribution in [0.25, 0.3) is 5.57 Å². The fraction of sp³-hybridized carbons (Fsp3) is 0.250. The molecule has 0 spiro atoms. The smallest absolute Gasteiger partial charge is 0.159 e. The molecule has 0 aliphatic heterocycles. The highest BCUT2D eigenvalue weighted by molar-refractivity contribution is 6.18. The molecule has 1 aromatic rings. The van der Waals surface area contributed by atoms with Gasteiger partial charge in [-0.05, 0) is 24.5 Å². The van der Waals surface area contributed by atoms with Crippen LogP contribution in [-0.4, -0.2) is 5.78 Å². The molecule has 0 saturated carbocycles. The highest BCUT2D eigenvalue weighted by Gasteiger charge is 2.02. The molecule has 0 unspecified atom stereocenters. The molecule has 1 rings (SSSR count). The SMILES string of the molecule is C=C(C(C)=O)c1ccc(CC)cc1. The van der Waals surface area contributed by atoms with Crippen molar-refractivity contribution in [2.75, 3.05) is 0 Å². The van der Waals surface area contributed by atoms with Crippen molar-refractivity contribution in [3.63, 3.8) is 0 Å². The Morgan fingerprint density at radius 3 is 2.23 bits per heavy atom. The Kier molecular flexibility index (Phi) is 3.02. The average Bonchev–Trinajstić information content (AvgIpc) is 2.17. The van der Waals surface area contributed by atoms with Gasteiger partial charge in [-0.1, -0.05) is 37.8 Å². The first-order valence-electron chi connectivity index (χ1n) is 4.44. The summed E-state index contributed by atoms with van der Waals surface area (Å²) in [6.07, 6.45) is 1.02. The maximum Gasteiger partial charge on any atom is 0.159 e. The first-order chi connectivity index (χ1) is 6.15. The van der Waals surface area contributed by atoms with Crippen molar-refractivity contribution in [3.05, 3.63) is 42.0 Å². The molecule has 0 atom stereocenters. The van der Waals surface area contributed by atoms with Crippen LogP contribution in [0, 0.1) is 0 Å². The van der Waals surface area contributed by atoms with E-state index >= 15 is 0 Å². The highest BCUT2D eigenvalue weighted by atomic mass is 16.1. The Morgan fingerprint density at radius 1 is 1.31 bits per heavy atom. The summed E-state index contributed by atoms with van der Waals surface area (Å²) in [5.74, 6) is 0.0317. The monoisotopic (exact) mass is 174 g/mol. The zero-order valence-electron chi connectivity index (χ0n) is 8.13. The van der Waals surface area contributed by atoms with Gasteiger partial charge in [0.2, 0.25) is 0 Å². The number of aryl methyl sites for hydroxylation is 1. The van der Waals surface area contributed by atoms with Crippen LogP contribution in [0.1, 0.15) is 25.0 Å². The first kappa shape index (κ1) is 9.72. The van der Waals surface area contributed by atoms with Crippen molar-refractivity contribution in [1.82, 2.24) is 0 Å². The molecule has 0 aliphatic carbocycles. The Labute approximate surface area is 79.1 Å². The maximum atomic E-state index is 11.0. The lowest BCUT2D eigenvalue weighted by Crippen LogP contribution is -1.94. The van der Waals surface area contributed by atoms with E-state index in [2.05, 4.69) is 13.5 Å². The van der Waals surface area contributed by atoms with E-state index < -0.39 is 0 Å². The molecule has 0 amide bonds. The van der Waals surface area contributed by atoms with Crippen LogP contribution in [-0.2, 0) is 11.2 Å². The molecule has 1 nitrogen and oxygen atoms in total. The Balaban J connectivity index is 2.92. The number of benzene rings is 1. The van der Waals surface area contributed by atoms with Gasteiger partial charge in [-0.3, -0.25) is 4.79 Å². The van der Waals surface area contributed by atoms with Gasteiger partial charge in [0.15, 0.2) is 5.78 Å². The van der Waals surface area contributed by atoms with Crippen LogP contribution in [0.15, 0.2) is 30.8 Å². The first-order valence-corrected chi connectivity index (χ1v) is 4.44. The van der Waals surface area contributed by atoms with Crippen molar-refractivity contribution >= 4 is 11.4 Å². The second-order valence-corrected chi connectivity index (χ2v) is 3.09. The molecule has 0 aromatic heterocycles. The average molecular weight is 174 g/mol. The molecule has 13 heavy (non-hydrogen) atoms. The number of Topliss-reactive ketones (excluding diaryl/α,β-unsaturated/α-hetero) is 1. The number of carbonyl (C=O) groups is 1. The third kappa shape index (κ3) is 2.28. The van der Waals surface area contributed by atoms with Crippen molar-refractivity contribution < 1.29 is 4.79 Å². The second-order valence-electron chi connectivity index (χ2n) is 3.09. The van der Waals surface area contributed by atoms with E-state index in [1.165, 1.54) is 12.5 Å². The minimum atomic E-state index is 0.0317. The van der Waals surface area contributed by atoms with Gasteiger partial charge >= 0.3 is 0 Å². The van der Waals surface area contributed by atoms with E-state index in [0.717, 1.165) is 12.0 Å². The molecule has 1 aromatic carbocycles. The van der Waals surface area contributed by atoms with Crippen molar-refractivity contribution in [1.29, 1.82) is 0 Å². The summed E-state index contributed by atoms with van der Waals surface area (Å²) in [6.45, 7) is 7.37. The zero-order valence-corrected chi connectivity index (χ0v) is 8.13. The number of carbonyl (C=O) groups excluding carboxylic acids is 1. The lowest BCUT2D eigenvalue weighted by Gasteiger charge is -2.02. The van der Waals surface area contributed by atoms with E-state index in [1.807, 2.05) is 24.3 Å². The van der Waals surface area contributed by atoms with E-state index in [-0.39, 0.29) is 5.78 Å². The molecule has 0 N–H and O–H groups in total. The van der Waals surface area contributed by atoms with Gasteiger partial charge in [-0.15, -0.1) is 0 Å². The van der Waals surface area contributed by atoms with Gasteiger partial charge < -0.3 is 0 Å². The lowest BCUT2D eigenvalue weighted by molar-refractivity contribution is -0.111. The molecule has 0 bridgehead atoms. The van der Waals surface area contributed by atoms with Crippen LogP contribution in [0.4, 0.5) is 0 Å². The zero-order chi connectivity index (χ0) is 9.84. The normalized spacial score (nSPS) is 9.69. The number of allylic oxidation sites excluding steroid dienone is 1. The van der Waals surface area contributed by atoms with Crippen molar-refractivity contribution in [2.24, 2.45) is 0 Å². The van der Waals surface area contributed by atoms with E-state index in [4.69, 9.17) is 0 Å². The predicted octanol–water partition coefficient (Wildman–Crippen LogP) is 2.85.